The molecule has 0 aromatic carbocycles. The zero-order valence-electron chi connectivity index (χ0n) is 16.7. The van der Waals surface area contributed by atoms with E-state index in [-0.39, 0.29) is 11.7 Å². The van der Waals surface area contributed by atoms with Crippen molar-refractivity contribution >= 4 is 23.3 Å². The lowest BCUT2D eigenvalue weighted by molar-refractivity contribution is 0.0893. The zero-order valence-corrected chi connectivity index (χ0v) is 16.7. The van der Waals surface area contributed by atoms with Crippen molar-refractivity contribution in [2.75, 3.05) is 27.7 Å². The summed E-state index contributed by atoms with van der Waals surface area (Å²) in [6, 6.07) is 1.77. The van der Waals surface area contributed by atoms with Crippen molar-refractivity contribution in [3.05, 3.63) is 35.3 Å². The molecule has 0 spiro atoms. The molecule has 2 aromatic heterocycles. The molecule has 0 aliphatic carbocycles. The molecule has 1 unspecified atom stereocenters. The van der Waals surface area contributed by atoms with Gasteiger partial charge in [-0.15, -0.1) is 0 Å². The van der Waals surface area contributed by atoms with E-state index in [0.29, 0.717) is 23.3 Å². The number of halogens is 2. The highest BCUT2D eigenvalue weighted by atomic mass is 19.3. The van der Waals surface area contributed by atoms with Gasteiger partial charge in [-0.05, 0) is 26.6 Å². The Bertz CT molecular complexity index is 967. The van der Waals surface area contributed by atoms with Gasteiger partial charge in [0.15, 0.2) is 0 Å². The molecule has 2 N–H and O–H groups in total. The lowest BCUT2D eigenvalue weighted by Crippen LogP contribution is -2.35. The Hall–Kier alpha value is -3.01. The van der Waals surface area contributed by atoms with Crippen molar-refractivity contribution in [2.24, 2.45) is 4.99 Å². The molecule has 1 aliphatic rings. The van der Waals surface area contributed by atoms with E-state index in [1.807, 2.05) is 30.5 Å². The number of nitrogens with zero attached hydrogens (tertiary/aromatic N) is 4. The van der Waals surface area contributed by atoms with Crippen LogP contribution < -0.4 is 15.4 Å². The maximum atomic E-state index is 12.5. The van der Waals surface area contributed by atoms with E-state index in [1.165, 1.54) is 13.3 Å². The molecular weight excluding hydrogens is 382 g/mol. The van der Waals surface area contributed by atoms with Gasteiger partial charge in [0.25, 0.3) is 12.3 Å². The minimum atomic E-state index is -2.62. The number of rotatable bonds is 7. The minimum Gasteiger partial charge on any atom is -0.495 e. The van der Waals surface area contributed by atoms with Crippen LogP contribution in [0.15, 0.2) is 34.7 Å². The largest absolute Gasteiger partial charge is 0.495 e. The maximum Gasteiger partial charge on any atom is 0.255 e. The molecular formula is C19H24F2N6O2. The van der Waals surface area contributed by atoms with Crippen molar-refractivity contribution < 1.29 is 18.3 Å². The number of nitrogens with one attached hydrogen (secondary N) is 2. The van der Waals surface area contributed by atoms with Crippen LogP contribution in [0.25, 0.3) is 11.0 Å². The Kier molecular flexibility index (Phi) is 6.12. The number of methoxy groups -OCH3 is 1. The quantitative estimate of drug-likeness (QED) is 0.733. The van der Waals surface area contributed by atoms with E-state index in [1.54, 1.807) is 18.6 Å². The van der Waals surface area contributed by atoms with Gasteiger partial charge in [0.05, 0.1) is 43.8 Å². The van der Waals surface area contributed by atoms with Crippen LogP contribution in [0.3, 0.4) is 0 Å². The standard InChI is InChI=1S/C19H24F2N6O2/c1-11-14(24-10-25-18(11)26(2)3)9-27-8-13(19(28)23-7-16(20)21)17-15(27)5-12(29-4)6-22-17/h5-6,8,10,16,18H,7,9H2,1-4H3,(H,23,28)(H,24,25). The van der Waals surface area contributed by atoms with Gasteiger partial charge in [-0.3, -0.25) is 14.7 Å². The Morgan fingerprint density at radius 3 is 2.86 bits per heavy atom. The van der Waals surface area contributed by atoms with E-state index >= 15 is 0 Å². The van der Waals surface area contributed by atoms with Gasteiger partial charge < -0.3 is 19.9 Å². The van der Waals surface area contributed by atoms with Crippen molar-refractivity contribution in [3.8, 4) is 5.75 Å². The van der Waals surface area contributed by atoms with Gasteiger partial charge in [-0.1, -0.05) is 0 Å². The summed E-state index contributed by atoms with van der Waals surface area (Å²) in [5.41, 5.74) is 3.29. The van der Waals surface area contributed by atoms with Crippen LogP contribution in [0.4, 0.5) is 8.78 Å². The van der Waals surface area contributed by atoms with Gasteiger partial charge in [-0.25, -0.2) is 13.8 Å². The summed E-state index contributed by atoms with van der Waals surface area (Å²) in [4.78, 5) is 23.2. The minimum absolute atomic E-state index is 0.0884. The van der Waals surface area contributed by atoms with E-state index < -0.39 is 18.9 Å². The Morgan fingerprint density at radius 2 is 2.21 bits per heavy atom. The van der Waals surface area contributed by atoms with E-state index in [0.717, 1.165) is 11.3 Å². The van der Waals surface area contributed by atoms with E-state index in [9.17, 15) is 13.6 Å². The number of alkyl halides is 2. The average molecular weight is 406 g/mol. The second kappa shape index (κ2) is 8.56. The molecule has 1 aliphatic heterocycles. The third-order valence-corrected chi connectivity index (χ3v) is 4.72. The Balaban J connectivity index is 2.01. The summed E-state index contributed by atoms with van der Waals surface area (Å²) in [6.07, 6.45) is 2.05. The second-order valence-electron chi connectivity index (χ2n) is 6.94. The van der Waals surface area contributed by atoms with Crippen molar-refractivity contribution in [3.63, 3.8) is 0 Å². The molecule has 0 saturated carbocycles. The normalized spacial score (nSPS) is 16.6. The molecule has 3 rings (SSSR count). The molecule has 156 valence electrons. The molecule has 8 nitrogen and oxygen atoms in total. The topological polar surface area (TPSA) is 83.8 Å². The number of aromatic nitrogens is 2. The molecule has 1 atom stereocenters. The first-order valence-electron chi connectivity index (χ1n) is 9.05. The molecule has 10 heteroatoms. The molecule has 0 bridgehead atoms. The zero-order chi connectivity index (χ0) is 21.1. The predicted octanol–water partition coefficient (Wildman–Crippen LogP) is 1.83. The summed E-state index contributed by atoms with van der Waals surface area (Å²) in [6.45, 7) is 1.70. The molecule has 2 aromatic rings. The summed E-state index contributed by atoms with van der Waals surface area (Å²) in [5.74, 6) is -0.0619. The van der Waals surface area contributed by atoms with Crippen LogP contribution in [0, 0.1) is 0 Å². The average Bonchev–Trinajstić information content (AvgIpc) is 3.05. The van der Waals surface area contributed by atoms with Crippen LogP contribution in [0.5, 0.6) is 5.75 Å². The van der Waals surface area contributed by atoms with Crippen LogP contribution in [-0.4, -0.2) is 67.0 Å². The lowest BCUT2D eigenvalue weighted by atomic mass is 10.1. The van der Waals surface area contributed by atoms with Crippen LogP contribution in [0.2, 0.25) is 0 Å². The number of carbonyl (C=O) groups excluding carboxylic acids is 1. The number of likely N-dealkylation sites (N-methyl/N-ethyl adjacent to an activating group) is 1. The summed E-state index contributed by atoms with van der Waals surface area (Å²) >= 11 is 0. The number of aliphatic imine (C=N–C) groups is 1. The summed E-state index contributed by atoms with van der Waals surface area (Å²) in [7, 11) is 5.42. The number of allylic oxidation sites excluding steroid dienone is 1. The summed E-state index contributed by atoms with van der Waals surface area (Å²) < 4.78 is 32.1. The first kappa shape index (κ1) is 20.7. The van der Waals surface area contributed by atoms with Crippen molar-refractivity contribution in [2.45, 2.75) is 26.1 Å². The first-order chi connectivity index (χ1) is 13.8. The van der Waals surface area contributed by atoms with E-state index in [2.05, 4.69) is 20.6 Å². The Morgan fingerprint density at radius 1 is 1.45 bits per heavy atom. The van der Waals surface area contributed by atoms with Gasteiger partial charge in [-0.2, -0.15) is 0 Å². The van der Waals surface area contributed by atoms with Crippen LogP contribution in [0.1, 0.15) is 17.3 Å². The van der Waals surface area contributed by atoms with Gasteiger partial charge in [0.2, 0.25) is 0 Å². The lowest BCUT2D eigenvalue weighted by Gasteiger charge is -2.27. The third kappa shape index (κ3) is 4.37. The number of pyridine rings is 1. The fourth-order valence-electron chi connectivity index (χ4n) is 3.25. The molecule has 0 radical (unpaired) electrons. The smallest absolute Gasteiger partial charge is 0.255 e. The van der Waals surface area contributed by atoms with Crippen molar-refractivity contribution in [1.82, 2.24) is 25.1 Å². The second-order valence-corrected chi connectivity index (χ2v) is 6.94. The molecule has 1 amide bonds. The first-order valence-corrected chi connectivity index (χ1v) is 9.05. The highest BCUT2D eigenvalue weighted by Gasteiger charge is 2.22. The molecule has 3 heterocycles. The number of hydrogen-bond acceptors (Lipinski definition) is 6. The maximum absolute atomic E-state index is 12.5. The number of ether oxygens (including phenoxy) is 1. The molecule has 29 heavy (non-hydrogen) atoms. The molecule has 0 fully saturated rings. The number of amides is 1. The molecule has 0 saturated heterocycles. The highest BCUT2D eigenvalue weighted by molar-refractivity contribution is 6.05. The number of hydrogen-bond donors (Lipinski definition) is 2. The van der Waals surface area contributed by atoms with Gasteiger partial charge in [0.1, 0.15) is 17.4 Å². The van der Waals surface area contributed by atoms with Crippen LogP contribution in [-0.2, 0) is 6.54 Å². The highest BCUT2D eigenvalue weighted by Crippen LogP contribution is 2.25. The van der Waals surface area contributed by atoms with Gasteiger partial charge in [0, 0.05) is 18.0 Å². The fraction of sp³-hybridized carbons (Fsp3) is 0.421. The predicted molar refractivity (Wildman–Crippen MR) is 106 cm³/mol. The SMILES string of the molecule is COc1cnc2c(C(=O)NCC(F)F)cn(CC3=C(C)C(N(C)C)N=CN3)c2c1. The number of carbonyl (C=O) groups is 1. The fourth-order valence-corrected chi connectivity index (χ4v) is 3.25. The summed E-state index contributed by atoms with van der Waals surface area (Å²) in [5, 5.41) is 5.40. The third-order valence-electron chi connectivity index (χ3n) is 4.72. The monoisotopic (exact) mass is 406 g/mol. The van der Waals surface area contributed by atoms with Crippen molar-refractivity contribution in [1.29, 1.82) is 0 Å². The van der Waals surface area contributed by atoms with Gasteiger partial charge >= 0.3 is 0 Å². The Labute approximate surface area is 167 Å². The number of fused-ring (bicyclic) bond motifs is 1. The van der Waals surface area contributed by atoms with Crippen LogP contribution >= 0.6 is 0 Å². The van der Waals surface area contributed by atoms with E-state index in [4.69, 9.17) is 4.74 Å².